The van der Waals surface area contributed by atoms with E-state index in [0.29, 0.717) is 16.7 Å². The van der Waals surface area contributed by atoms with Crippen LogP contribution >= 0.6 is 27.3 Å². The van der Waals surface area contributed by atoms with Gasteiger partial charge in [0.15, 0.2) is 0 Å². The Hall–Kier alpha value is -0.740. The number of halogens is 1. The van der Waals surface area contributed by atoms with Crippen LogP contribution in [0.3, 0.4) is 0 Å². The molecule has 20 heavy (non-hydrogen) atoms. The van der Waals surface area contributed by atoms with Gasteiger partial charge in [0.05, 0.1) is 4.83 Å². The zero-order valence-corrected chi connectivity index (χ0v) is 14.6. The molecule has 0 radical (unpaired) electrons. The molecule has 0 fully saturated rings. The lowest BCUT2D eigenvalue weighted by Crippen LogP contribution is -2.10. The third kappa shape index (κ3) is 3.47. The van der Waals surface area contributed by atoms with E-state index in [1.54, 1.807) is 11.3 Å². The van der Waals surface area contributed by atoms with E-state index >= 15 is 0 Å². The molecule has 0 N–H and O–H groups in total. The lowest BCUT2D eigenvalue weighted by Gasteiger charge is -2.20. The maximum Gasteiger partial charge on any atom is 0.131 e. The number of aromatic nitrogens is 2. The molecule has 1 aromatic heterocycles. The minimum atomic E-state index is 0.321. The van der Waals surface area contributed by atoms with Crippen molar-refractivity contribution in [1.29, 1.82) is 0 Å². The van der Waals surface area contributed by atoms with Gasteiger partial charge in [0.2, 0.25) is 0 Å². The summed E-state index contributed by atoms with van der Waals surface area (Å²) in [6.45, 7) is 6.69. The number of hydrogen-bond donors (Lipinski definition) is 0. The quantitative estimate of drug-likeness (QED) is 0.635. The summed E-state index contributed by atoms with van der Waals surface area (Å²) in [5.41, 5.74) is 1.34. The smallest absolute Gasteiger partial charge is 0.131 e. The molecule has 0 aliphatic rings. The van der Waals surface area contributed by atoms with Crippen molar-refractivity contribution in [2.45, 2.75) is 44.4 Å². The van der Waals surface area contributed by atoms with Gasteiger partial charge in [-0.3, -0.25) is 0 Å². The molecular weight excluding hydrogens is 332 g/mol. The Morgan fingerprint density at radius 3 is 2.30 bits per heavy atom. The van der Waals surface area contributed by atoms with Crippen molar-refractivity contribution in [3.63, 3.8) is 0 Å². The van der Waals surface area contributed by atoms with Crippen LogP contribution in [-0.4, -0.2) is 10.2 Å². The first-order chi connectivity index (χ1) is 9.67. The van der Waals surface area contributed by atoms with Gasteiger partial charge >= 0.3 is 0 Å². The van der Waals surface area contributed by atoms with Crippen molar-refractivity contribution < 1.29 is 0 Å². The van der Waals surface area contributed by atoms with E-state index in [2.05, 4.69) is 77.2 Å². The fourth-order valence-corrected chi connectivity index (χ4v) is 3.82. The molecule has 3 atom stereocenters. The van der Waals surface area contributed by atoms with Gasteiger partial charge in [-0.15, -0.1) is 10.2 Å². The minimum Gasteiger partial charge on any atom is -0.143 e. The summed E-state index contributed by atoms with van der Waals surface area (Å²) in [5, 5.41) is 11.1. The third-order valence-electron chi connectivity index (χ3n) is 3.72. The first kappa shape index (κ1) is 15.6. The van der Waals surface area contributed by atoms with Crippen LogP contribution in [-0.2, 0) is 0 Å². The number of hydrogen-bond acceptors (Lipinski definition) is 3. The average molecular weight is 353 g/mol. The Morgan fingerprint density at radius 2 is 1.70 bits per heavy atom. The summed E-state index contributed by atoms with van der Waals surface area (Å²) in [6.07, 6.45) is 2.17. The SMILES string of the molecule is CCC(Br)c1nnc(C(c2ccccc2)C(C)CC)s1. The van der Waals surface area contributed by atoms with Crippen molar-refractivity contribution in [1.82, 2.24) is 10.2 Å². The molecule has 0 amide bonds. The van der Waals surface area contributed by atoms with Crippen LogP contribution < -0.4 is 0 Å². The highest BCUT2D eigenvalue weighted by Gasteiger charge is 2.25. The van der Waals surface area contributed by atoms with Gasteiger partial charge < -0.3 is 0 Å². The van der Waals surface area contributed by atoms with Crippen LogP contribution in [0.1, 0.15) is 59.9 Å². The fourth-order valence-electron chi connectivity index (χ4n) is 2.28. The Kier molecular flexibility index (Phi) is 5.73. The first-order valence-electron chi connectivity index (χ1n) is 7.19. The molecule has 108 valence electrons. The van der Waals surface area contributed by atoms with Gasteiger partial charge in [-0.2, -0.15) is 0 Å². The summed E-state index contributed by atoms with van der Waals surface area (Å²) in [7, 11) is 0. The minimum absolute atomic E-state index is 0.321. The highest BCUT2D eigenvalue weighted by Crippen LogP contribution is 2.38. The van der Waals surface area contributed by atoms with E-state index in [-0.39, 0.29) is 0 Å². The number of nitrogens with zero attached hydrogens (tertiary/aromatic N) is 2. The largest absolute Gasteiger partial charge is 0.143 e. The second-order valence-corrected chi connectivity index (χ2v) is 7.27. The molecule has 2 nitrogen and oxygen atoms in total. The molecule has 0 aliphatic heterocycles. The van der Waals surface area contributed by atoms with E-state index in [9.17, 15) is 0 Å². The molecule has 0 bridgehead atoms. The molecule has 2 aromatic rings. The van der Waals surface area contributed by atoms with Crippen LogP contribution in [0.15, 0.2) is 30.3 Å². The van der Waals surface area contributed by atoms with Crippen LogP contribution in [0.5, 0.6) is 0 Å². The van der Waals surface area contributed by atoms with E-state index in [0.717, 1.165) is 22.9 Å². The standard InChI is InChI=1S/C16H21BrN2S/c1-4-11(3)14(12-9-7-6-8-10-12)16-19-18-15(20-16)13(17)5-2/h6-11,13-14H,4-5H2,1-3H3. The topological polar surface area (TPSA) is 25.8 Å². The predicted octanol–water partition coefficient (Wildman–Crippen LogP) is 5.56. The summed E-state index contributed by atoms with van der Waals surface area (Å²) in [4.78, 5) is 0.321. The van der Waals surface area contributed by atoms with Crippen LogP contribution in [0, 0.1) is 5.92 Å². The average Bonchev–Trinajstić information content (AvgIpc) is 2.97. The molecule has 1 aromatic carbocycles. The van der Waals surface area contributed by atoms with E-state index in [1.807, 2.05) is 0 Å². The molecule has 0 saturated heterocycles. The Labute approximate surface area is 133 Å². The van der Waals surface area contributed by atoms with E-state index in [4.69, 9.17) is 0 Å². The van der Waals surface area contributed by atoms with Gasteiger partial charge in [0.25, 0.3) is 0 Å². The number of alkyl halides is 1. The van der Waals surface area contributed by atoms with Crippen LogP contribution in [0.4, 0.5) is 0 Å². The molecule has 4 heteroatoms. The Morgan fingerprint density at radius 1 is 1.05 bits per heavy atom. The normalized spacial score (nSPS) is 15.8. The third-order valence-corrected chi connectivity index (χ3v) is 6.22. The summed E-state index contributed by atoms with van der Waals surface area (Å²) >= 11 is 5.41. The molecule has 0 saturated carbocycles. The number of benzene rings is 1. The van der Waals surface area contributed by atoms with E-state index < -0.39 is 0 Å². The zero-order valence-electron chi connectivity index (χ0n) is 12.2. The van der Waals surface area contributed by atoms with Crippen LogP contribution in [0.25, 0.3) is 0 Å². The Bertz CT molecular complexity index is 526. The lowest BCUT2D eigenvalue weighted by atomic mass is 9.86. The van der Waals surface area contributed by atoms with Gasteiger partial charge in [-0.05, 0) is 17.9 Å². The monoisotopic (exact) mass is 352 g/mol. The lowest BCUT2D eigenvalue weighted by molar-refractivity contribution is 0.492. The maximum absolute atomic E-state index is 4.47. The molecule has 3 unspecified atom stereocenters. The van der Waals surface area contributed by atoms with Crippen molar-refractivity contribution >= 4 is 27.3 Å². The number of rotatable bonds is 6. The highest BCUT2D eigenvalue weighted by atomic mass is 79.9. The summed E-state index contributed by atoms with van der Waals surface area (Å²) < 4.78 is 0. The molecule has 0 aliphatic carbocycles. The van der Waals surface area contributed by atoms with Gasteiger partial charge in [0.1, 0.15) is 10.0 Å². The Balaban J connectivity index is 2.35. The molecule has 1 heterocycles. The second kappa shape index (κ2) is 7.32. The van der Waals surface area contributed by atoms with Crippen molar-refractivity contribution in [3.8, 4) is 0 Å². The maximum atomic E-state index is 4.47. The fraction of sp³-hybridized carbons (Fsp3) is 0.500. The van der Waals surface area contributed by atoms with Gasteiger partial charge in [-0.1, -0.05) is 84.8 Å². The van der Waals surface area contributed by atoms with Crippen molar-refractivity contribution in [3.05, 3.63) is 45.9 Å². The van der Waals surface area contributed by atoms with Gasteiger partial charge in [0, 0.05) is 5.92 Å². The highest BCUT2D eigenvalue weighted by molar-refractivity contribution is 9.09. The second-order valence-electron chi connectivity index (χ2n) is 5.13. The van der Waals surface area contributed by atoms with E-state index in [1.165, 1.54) is 5.56 Å². The van der Waals surface area contributed by atoms with Crippen molar-refractivity contribution in [2.24, 2.45) is 5.92 Å². The molecule has 2 rings (SSSR count). The molecular formula is C16H21BrN2S. The van der Waals surface area contributed by atoms with Crippen molar-refractivity contribution in [2.75, 3.05) is 0 Å². The van der Waals surface area contributed by atoms with Gasteiger partial charge in [-0.25, -0.2) is 0 Å². The van der Waals surface area contributed by atoms with Crippen LogP contribution in [0.2, 0.25) is 0 Å². The summed E-state index contributed by atoms with van der Waals surface area (Å²) in [6, 6.07) is 10.7. The predicted molar refractivity (Wildman–Crippen MR) is 89.6 cm³/mol. The summed E-state index contributed by atoms with van der Waals surface area (Å²) in [5.74, 6) is 0.914. The molecule has 0 spiro atoms. The zero-order chi connectivity index (χ0) is 14.5. The first-order valence-corrected chi connectivity index (χ1v) is 8.92.